The molecule has 0 aliphatic rings. The number of carbonyl (C=O) groups is 1. The number of esters is 1. The van der Waals surface area contributed by atoms with Crippen molar-refractivity contribution in [2.45, 2.75) is 32.3 Å². The Bertz CT molecular complexity index is 136. The third-order valence-electron chi connectivity index (χ3n) is 1.13. The monoisotopic (exact) mass is 176 g/mol. The van der Waals surface area contributed by atoms with Gasteiger partial charge in [-0.15, -0.1) is 0 Å². The molecule has 0 unspecified atom stereocenters. The molecule has 0 saturated carbocycles. The van der Waals surface area contributed by atoms with Gasteiger partial charge in [-0.1, -0.05) is 0 Å². The molecule has 4 heteroatoms. The molecule has 12 heavy (non-hydrogen) atoms. The Kier molecular flexibility index (Phi) is 4.85. The van der Waals surface area contributed by atoms with Crippen LogP contribution in [0, 0.1) is 0 Å². The summed E-state index contributed by atoms with van der Waals surface area (Å²) >= 11 is 0. The zero-order valence-electron chi connectivity index (χ0n) is 7.54. The van der Waals surface area contributed by atoms with Gasteiger partial charge in [0.05, 0.1) is 5.60 Å². The van der Waals surface area contributed by atoms with Gasteiger partial charge in [-0.3, -0.25) is 4.79 Å². The third-order valence-corrected chi connectivity index (χ3v) is 1.13. The van der Waals surface area contributed by atoms with Gasteiger partial charge in [0, 0.05) is 13.0 Å². The minimum Gasteiger partial charge on any atom is -0.463 e. The first-order valence-electron chi connectivity index (χ1n) is 3.94. The van der Waals surface area contributed by atoms with Gasteiger partial charge in [0.2, 0.25) is 0 Å². The highest BCUT2D eigenvalue weighted by atomic mass is 16.5. The standard InChI is InChI=1S/C8H16O4/c1-8(2,11)6-12-7(10)4-3-5-9/h9,11H,3-6H2,1-2H3. The van der Waals surface area contributed by atoms with E-state index in [0.717, 1.165) is 0 Å². The van der Waals surface area contributed by atoms with E-state index in [1.165, 1.54) is 0 Å². The molecule has 0 atom stereocenters. The second kappa shape index (κ2) is 5.11. The van der Waals surface area contributed by atoms with E-state index in [0.29, 0.717) is 6.42 Å². The Hall–Kier alpha value is -0.610. The molecule has 0 aromatic carbocycles. The van der Waals surface area contributed by atoms with E-state index in [1.54, 1.807) is 13.8 Å². The van der Waals surface area contributed by atoms with Crippen molar-refractivity contribution in [3.8, 4) is 0 Å². The number of aliphatic hydroxyl groups is 2. The van der Waals surface area contributed by atoms with Gasteiger partial charge in [-0.25, -0.2) is 0 Å². The van der Waals surface area contributed by atoms with Crippen LogP contribution < -0.4 is 0 Å². The molecule has 0 aromatic rings. The number of carbonyl (C=O) groups excluding carboxylic acids is 1. The maximum atomic E-state index is 10.8. The van der Waals surface area contributed by atoms with Gasteiger partial charge >= 0.3 is 5.97 Å². The van der Waals surface area contributed by atoms with Gasteiger partial charge in [0.15, 0.2) is 0 Å². The van der Waals surface area contributed by atoms with E-state index in [-0.39, 0.29) is 25.6 Å². The third kappa shape index (κ3) is 7.50. The zero-order valence-corrected chi connectivity index (χ0v) is 7.54. The van der Waals surface area contributed by atoms with Crippen molar-refractivity contribution >= 4 is 5.97 Å². The van der Waals surface area contributed by atoms with Crippen LogP contribution in [-0.2, 0) is 9.53 Å². The Morgan fingerprint density at radius 1 is 1.50 bits per heavy atom. The van der Waals surface area contributed by atoms with Crippen molar-refractivity contribution in [2.24, 2.45) is 0 Å². The quantitative estimate of drug-likeness (QED) is 0.582. The summed E-state index contributed by atoms with van der Waals surface area (Å²) in [5.74, 6) is -0.383. The summed E-state index contributed by atoms with van der Waals surface area (Å²) in [6, 6.07) is 0. The summed E-state index contributed by atoms with van der Waals surface area (Å²) < 4.78 is 4.71. The first kappa shape index (κ1) is 11.4. The predicted octanol–water partition coefficient (Wildman–Crippen LogP) is 0.0730. The normalized spacial score (nSPS) is 11.3. The van der Waals surface area contributed by atoms with Crippen LogP contribution in [0.15, 0.2) is 0 Å². The molecule has 0 spiro atoms. The Labute approximate surface area is 72.2 Å². The van der Waals surface area contributed by atoms with Crippen LogP contribution in [0.2, 0.25) is 0 Å². The van der Waals surface area contributed by atoms with Crippen molar-refractivity contribution in [2.75, 3.05) is 13.2 Å². The van der Waals surface area contributed by atoms with Crippen LogP contribution in [-0.4, -0.2) is 35.0 Å². The molecule has 0 amide bonds. The molecule has 2 N–H and O–H groups in total. The number of rotatable bonds is 5. The van der Waals surface area contributed by atoms with Gasteiger partial charge < -0.3 is 14.9 Å². The number of ether oxygens (including phenoxy) is 1. The second-order valence-electron chi connectivity index (χ2n) is 3.30. The van der Waals surface area contributed by atoms with Crippen LogP contribution in [0.1, 0.15) is 26.7 Å². The van der Waals surface area contributed by atoms with Crippen LogP contribution in [0.5, 0.6) is 0 Å². The molecule has 0 heterocycles. The number of hydrogen-bond acceptors (Lipinski definition) is 4. The summed E-state index contributed by atoms with van der Waals surface area (Å²) in [4.78, 5) is 10.8. The lowest BCUT2D eigenvalue weighted by molar-refractivity contribution is -0.150. The van der Waals surface area contributed by atoms with Crippen molar-refractivity contribution in [1.29, 1.82) is 0 Å². The van der Waals surface area contributed by atoms with E-state index in [1.807, 2.05) is 0 Å². The zero-order chi connectivity index (χ0) is 9.61. The minimum absolute atomic E-state index is 0.00272. The van der Waals surface area contributed by atoms with E-state index >= 15 is 0 Å². The fourth-order valence-corrected chi connectivity index (χ4v) is 0.553. The summed E-state index contributed by atoms with van der Waals surface area (Å²) in [5, 5.41) is 17.6. The molecule has 0 aliphatic carbocycles. The SMILES string of the molecule is CC(C)(O)COC(=O)CCCO. The van der Waals surface area contributed by atoms with Crippen molar-refractivity contribution in [3.63, 3.8) is 0 Å². The first-order chi connectivity index (χ1) is 5.45. The molecule has 0 fully saturated rings. The highest BCUT2D eigenvalue weighted by molar-refractivity contribution is 5.69. The Balaban J connectivity index is 3.44. The van der Waals surface area contributed by atoms with Gasteiger partial charge in [0.1, 0.15) is 6.61 Å². The minimum atomic E-state index is -0.977. The molecule has 0 aromatic heterocycles. The molecule has 0 aliphatic heterocycles. The van der Waals surface area contributed by atoms with Crippen LogP contribution in [0.4, 0.5) is 0 Å². The molecule has 4 nitrogen and oxygen atoms in total. The summed E-state index contributed by atoms with van der Waals surface area (Å²) in [6.45, 7) is 3.10. The van der Waals surface area contributed by atoms with Crippen molar-refractivity contribution in [3.05, 3.63) is 0 Å². The highest BCUT2D eigenvalue weighted by Crippen LogP contribution is 2.02. The Morgan fingerprint density at radius 3 is 2.50 bits per heavy atom. The largest absolute Gasteiger partial charge is 0.463 e. The highest BCUT2D eigenvalue weighted by Gasteiger charge is 2.15. The second-order valence-corrected chi connectivity index (χ2v) is 3.30. The average Bonchev–Trinajstić information content (AvgIpc) is 1.95. The van der Waals surface area contributed by atoms with Gasteiger partial charge in [-0.2, -0.15) is 0 Å². The lowest BCUT2D eigenvalue weighted by Gasteiger charge is -2.16. The van der Waals surface area contributed by atoms with Crippen molar-refractivity contribution in [1.82, 2.24) is 0 Å². The lowest BCUT2D eigenvalue weighted by Crippen LogP contribution is -2.27. The molecular formula is C8H16O4. The van der Waals surface area contributed by atoms with Crippen LogP contribution >= 0.6 is 0 Å². The smallest absolute Gasteiger partial charge is 0.305 e. The van der Waals surface area contributed by atoms with Gasteiger partial charge in [-0.05, 0) is 20.3 Å². The maximum absolute atomic E-state index is 10.8. The molecule has 0 rings (SSSR count). The molecule has 72 valence electrons. The lowest BCUT2D eigenvalue weighted by atomic mass is 10.2. The van der Waals surface area contributed by atoms with Gasteiger partial charge in [0.25, 0.3) is 0 Å². The van der Waals surface area contributed by atoms with E-state index in [4.69, 9.17) is 14.9 Å². The van der Waals surface area contributed by atoms with E-state index in [2.05, 4.69) is 0 Å². The summed E-state index contributed by atoms with van der Waals surface area (Å²) in [7, 11) is 0. The summed E-state index contributed by atoms with van der Waals surface area (Å²) in [5.41, 5.74) is -0.977. The van der Waals surface area contributed by atoms with E-state index in [9.17, 15) is 4.79 Å². The topological polar surface area (TPSA) is 66.8 Å². The fourth-order valence-electron chi connectivity index (χ4n) is 0.553. The van der Waals surface area contributed by atoms with Crippen LogP contribution in [0.25, 0.3) is 0 Å². The fraction of sp³-hybridized carbons (Fsp3) is 0.875. The maximum Gasteiger partial charge on any atom is 0.305 e. The Morgan fingerprint density at radius 2 is 2.08 bits per heavy atom. The molecule has 0 saturated heterocycles. The van der Waals surface area contributed by atoms with Crippen molar-refractivity contribution < 1.29 is 19.7 Å². The number of aliphatic hydroxyl groups excluding tert-OH is 1. The number of hydrogen-bond donors (Lipinski definition) is 2. The summed E-state index contributed by atoms with van der Waals surface area (Å²) in [6.07, 6.45) is 0.608. The predicted molar refractivity (Wildman–Crippen MR) is 43.6 cm³/mol. The van der Waals surface area contributed by atoms with Crippen LogP contribution in [0.3, 0.4) is 0 Å². The molecule has 0 bridgehead atoms. The first-order valence-corrected chi connectivity index (χ1v) is 3.94. The van der Waals surface area contributed by atoms with E-state index < -0.39 is 5.60 Å². The average molecular weight is 176 g/mol. The molecular weight excluding hydrogens is 160 g/mol. The molecule has 0 radical (unpaired) electrons.